The van der Waals surface area contributed by atoms with E-state index in [0.717, 1.165) is 16.7 Å². The van der Waals surface area contributed by atoms with E-state index < -0.39 is 0 Å². The van der Waals surface area contributed by atoms with E-state index >= 15 is 0 Å². The maximum Gasteiger partial charge on any atom is 0.242 e. The van der Waals surface area contributed by atoms with Gasteiger partial charge in [0, 0.05) is 37.2 Å². The second-order valence-electron chi connectivity index (χ2n) is 8.10. The first-order chi connectivity index (χ1) is 16.6. The van der Waals surface area contributed by atoms with Gasteiger partial charge in [-0.3, -0.25) is 14.5 Å². The minimum atomic E-state index is -0.346. The number of piperazine rings is 1. The number of thiazole rings is 1. The van der Waals surface area contributed by atoms with Crippen LogP contribution in [0, 0.1) is 5.82 Å². The standard InChI is InChI=1S/C24H23FN6O2S/c25-17-5-7-18(8-6-17)27-22(32)13-29-9-11-30(12-10-29)23(33)14-31-21-4-2-1-3-19(21)28-24(31)20-15-34-16-26-20/h1-8,15-16H,9-14H2,(H,27,32). The molecule has 5 rings (SSSR count). The van der Waals surface area contributed by atoms with Crippen LogP contribution in [-0.2, 0) is 16.1 Å². The summed E-state index contributed by atoms with van der Waals surface area (Å²) < 4.78 is 15.0. The molecule has 0 saturated carbocycles. The van der Waals surface area contributed by atoms with Crippen LogP contribution in [0.15, 0.2) is 59.4 Å². The number of benzene rings is 2. The molecule has 2 aromatic carbocycles. The molecule has 0 spiro atoms. The van der Waals surface area contributed by atoms with Crippen molar-refractivity contribution in [3.05, 3.63) is 65.2 Å². The van der Waals surface area contributed by atoms with E-state index in [-0.39, 0.29) is 30.7 Å². The Morgan fingerprint density at radius 1 is 1.00 bits per heavy atom. The molecule has 0 atom stereocenters. The number of nitrogens with one attached hydrogen (secondary N) is 1. The highest BCUT2D eigenvalue weighted by molar-refractivity contribution is 7.07. The molecule has 2 amide bonds. The van der Waals surface area contributed by atoms with Crippen molar-refractivity contribution in [1.82, 2.24) is 24.3 Å². The van der Waals surface area contributed by atoms with Crippen molar-refractivity contribution in [2.75, 3.05) is 38.0 Å². The zero-order chi connectivity index (χ0) is 23.5. The van der Waals surface area contributed by atoms with Crippen LogP contribution in [0.5, 0.6) is 0 Å². The number of halogens is 1. The van der Waals surface area contributed by atoms with E-state index in [2.05, 4.69) is 10.3 Å². The highest BCUT2D eigenvalue weighted by Gasteiger charge is 2.24. The number of anilines is 1. The van der Waals surface area contributed by atoms with Gasteiger partial charge in [-0.2, -0.15) is 0 Å². The molecule has 10 heteroatoms. The Morgan fingerprint density at radius 3 is 2.50 bits per heavy atom. The third-order valence-corrected chi connectivity index (χ3v) is 6.42. The number of imidazole rings is 1. The van der Waals surface area contributed by atoms with E-state index in [0.29, 0.717) is 37.7 Å². The third-order valence-electron chi connectivity index (χ3n) is 5.83. The predicted molar refractivity (Wildman–Crippen MR) is 129 cm³/mol. The van der Waals surface area contributed by atoms with E-state index in [1.165, 1.54) is 35.6 Å². The number of carbonyl (C=O) groups is 2. The largest absolute Gasteiger partial charge is 0.339 e. The molecule has 0 unspecified atom stereocenters. The molecule has 1 fully saturated rings. The molecule has 1 aliphatic rings. The Bertz CT molecular complexity index is 1300. The van der Waals surface area contributed by atoms with Gasteiger partial charge in [-0.15, -0.1) is 11.3 Å². The van der Waals surface area contributed by atoms with Crippen LogP contribution in [0.2, 0.25) is 0 Å². The molecule has 174 valence electrons. The molecule has 0 bridgehead atoms. The van der Waals surface area contributed by atoms with Crippen molar-refractivity contribution in [3.63, 3.8) is 0 Å². The number of amides is 2. The normalized spacial score (nSPS) is 14.4. The lowest BCUT2D eigenvalue weighted by atomic mass is 10.2. The van der Waals surface area contributed by atoms with Crippen LogP contribution in [0.3, 0.4) is 0 Å². The molecule has 3 heterocycles. The van der Waals surface area contributed by atoms with Crippen LogP contribution < -0.4 is 5.32 Å². The number of nitrogens with zero attached hydrogens (tertiary/aromatic N) is 5. The van der Waals surface area contributed by atoms with Gasteiger partial charge < -0.3 is 14.8 Å². The summed E-state index contributed by atoms with van der Waals surface area (Å²) in [6, 6.07) is 13.4. The van der Waals surface area contributed by atoms with Gasteiger partial charge in [-0.1, -0.05) is 12.1 Å². The number of para-hydroxylation sites is 2. The van der Waals surface area contributed by atoms with Gasteiger partial charge in [0.1, 0.15) is 18.1 Å². The van der Waals surface area contributed by atoms with Crippen molar-refractivity contribution in [2.24, 2.45) is 0 Å². The monoisotopic (exact) mass is 478 g/mol. The average Bonchev–Trinajstić information content (AvgIpc) is 3.49. The Kier molecular flexibility index (Phi) is 6.33. The molecule has 2 aromatic heterocycles. The summed E-state index contributed by atoms with van der Waals surface area (Å²) in [5.41, 5.74) is 4.80. The number of aromatic nitrogens is 3. The molecular formula is C24H23FN6O2S. The van der Waals surface area contributed by atoms with Crippen LogP contribution in [-0.4, -0.2) is 68.9 Å². The zero-order valence-electron chi connectivity index (χ0n) is 18.4. The van der Waals surface area contributed by atoms with Gasteiger partial charge >= 0.3 is 0 Å². The summed E-state index contributed by atoms with van der Waals surface area (Å²) in [5, 5.41) is 4.70. The molecule has 1 N–H and O–H groups in total. The Morgan fingerprint density at radius 2 is 1.76 bits per heavy atom. The first-order valence-corrected chi connectivity index (χ1v) is 11.9. The molecular weight excluding hydrogens is 455 g/mol. The van der Waals surface area contributed by atoms with Crippen LogP contribution in [0.1, 0.15) is 0 Å². The maximum absolute atomic E-state index is 13.2. The molecule has 1 aliphatic heterocycles. The Labute approximate surface area is 199 Å². The van der Waals surface area contributed by atoms with E-state index in [1.807, 2.05) is 44.0 Å². The smallest absolute Gasteiger partial charge is 0.242 e. The van der Waals surface area contributed by atoms with Gasteiger partial charge in [0.25, 0.3) is 0 Å². The highest BCUT2D eigenvalue weighted by Crippen LogP contribution is 2.25. The number of fused-ring (bicyclic) bond motifs is 1. The van der Waals surface area contributed by atoms with Crippen LogP contribution in [0.4, 0.5) is 10.1 Å². The number of rotatable bonds is 6. The summed E-state index contributed by atoms with van der Waals surface area (Å²) in [6.45, 7) is 2.69. The highest BCUT2D eigenvalue weighted by atomic mass is 32.1. The van der Waals surface area contributed by atoms with Crippen molar-refractivity contribution in [1.29, 1.82) is 0 Å². The quantitative estimate of drug-likeness (QED) is 0.461. The molecule has 8 nitrogen and oxygen atoms in total. The number of carbonyl (C=O) groups excluding carboxylic acids is 2. The summed E-state index contributed by atoms with van der Waals surface area (Å²) in [5.74, 6) is 0.187. The predicted octanol–water partition coefficient (Wildman–Crippen LogP) is 3.08. The fourth-order valence-corrected chi connectivity index (χ4v) is 4.61. The van der Waals surface area contributed by atoms with E-state index in [4.69, 9.17) is 4.98 Å². The summed E-state index contributed by atoms with van der Waals surface area (Å²) in [7, 11) is 0. The van der Waals surface area contributed by atoms with E-state index in [1.54, 1.807) is 5.51 Å². The van der Waals surface area contributed by atoms with Crippen LogP contribution >= 0.6 is 11.3 Å². The van der Waals surface area contributed by atoms with Crippen molar-refractivity contribution in [2.45, 2.75) is 6.54 Å². The maximum atomic E-state index is 13.2. The average molecular weight is 479 g/mol. The minimum absolute atomic E-state index is 0.00930. The Hall–Kier alpha value is -3.63. The van der Waals surface area contributed by atoms with Gasteiger partial charge in [0.15, 0.2) is 5.82 Å². The second kappa shape index (κ2) is 9.70. The second-order valence-corrected chi connectivity index (χ2v) is 8.81. The van der Waals surface area contributed by atoms with E-state index in [9.17, 15) is 14.0 Å². The van der Waals surface area contributed by atoms with Crippen molar-refractivity contribution >= 4 is 39.9 Å². The zero-order valence-corrected chi connectivity index (χ0v) is 19.2. The van der Waals surface area contributed by atoms with Gasteiger partial charge in [-0.05, 0) is 36.4 Å². The number of hydrogen-bond donors (Lipinski definition) is 1. The molecule has 0 radical (unpaired) electrons. The first kappa shape index (κ1) is 22.2. The SMILES string of the molecule is O=C(CN1CCN(C(=O)Cn2c(-c3cscn3)nc3ccccc32)CC1)Nc1ccc(F)cc1. The summed E-state index contributed by atoms with van der Waals surface area (Å²) in [4.78, 5) is 38.4. The topological polar surface area (TPSA) is 83.4 Å². The van der Waals surface area contributed by atoms with Crippen molar-refractivity contribution in [3.8, 4) is 11.5 Å². The fourth-order valence-electron chi connectivity index (χ4n) is 4.08. The lowest BCUT2D eigenvalue weighted by molar-refractivity contribution is -0.133. The van der Waals surface area contributed by atoms with Crippen molar-refractivity contribution < 1.29 is 14.0 Å². The number of hydrogen-bond acceptors (Lipinski definition) is 6. The third kappa shape index (κ3) is 4.82. The lowest BCUT2D eigenvalue weighted by Crippen LogP contribution is -2.51. The van der Waals surface area contributed by atoms with Gasteiger partial charge in [0.2, 0.25) is 11.8 Å². The Balaban J connectivity index is 1.20. The van der Waals surface area contributed by atoms with Gasteiger partial charge in [0.05, 0.1) is 23.1 Å². The first-order valence-electron chi connectivity index (χ1n) is 11.0. The van der Waals surface area contributed by atoms with Gasteiger partial charge in [-0.25, -0.2) is 14.4 Å². The molecule has 4 aromatic rings. The summed E-state index contributed by atoms with van der Waals surface area (Å²) in [6.07, 6.45) is 0. The molecule has 0 aliphatic carbocycles. The molecule has 1 saturated heterocycles. The fraction of sp³-hybridized carbons (Fsp3) is 0.250. The molecule has 34 heavy (non-hydrogen) atoms. The van der Waals surface area contributed by atoms with Crippen LogP contribution in [0.25, 0.3) is 22.6 Å². The lowest BCUT2D eigenvalue weighted by Gasteiger charge is -2.34. The summed E-state index contributed by atoms with van der Waals surface area (Å²) >= 11 is 1.49. The minimum Gasteiger partial charge on any atom is -0.339 e.